The molecule has 1 aromatic heterocycles. The van der Waals surface area contributed by atoms with Crippen LogP contribution in [0.15, 0.2) is 46.7 Å². The first-order valence-corrected chi connectivity index (χ1v) is 11.1. The first-order valence-electron chi connectivity index (χ1n) is 8.63. The second-order valence-corrected chi connectivity index (χ2v) is 10.2. The number of piperidine rings is 1. The Labute approximate surface area is 152 Å². The van der Waals surface area contributed by atoms with Crippen molar-refractivity contribution in [2.24, 2.45) is 0 Å². The minimum absolute atomic E-state index is 0.0390. The topological polar surface area (TPSA) is 54.5 Å². The fourth-order valence-corrected chi connectivity index (χ4v) is 6.90. The van der Waals surface area contributed by atoms with E-state index in [4.69, 9.17) is 0 Å². The fraction of sp³-hybridized carbons (Fsp3) is 0.421. The molecule has 2 aliphatic rings. The average Bonchev–Trinajstić information content (AvgIpc) is 3.15. The second kappa shape index (κ2) is 6.25. The van der Waals surface area contributed by atoms with E-state index in [9.17, 15) is 13.2 Å². The van der Waals surface area contributed by atoms with Crippen LogP contribution in [0.2, 0.25) is 0 Å². The number of nitrogens with zero attached hydrogens (tertiary/aromatic N) is 1. The summed E-state index contributed by atoms with van der Waals surface area (Å²) >= 11 is 1.48. The molecule has 2 fully saturated rings. The summed E-state index contributed by atoms with van der Waals surface area (Å²) in [5.41, 5.74) is 1.10. The zero-order valence-corrected chi connectivity index (χ0v) is 15.7. The Morgan fingerprint density at radius 3 is 2.32 bits per heavy atom. The Kier molecular flexibility index (Phi) is 4.20. The van der Waals surface area contributed by atoms with Gasteiger partial charge in [0, 0.05) is 12.1 Å². The van der Waals surface area contributed by atoms with Gasteiger partial charge in [-0.2, -0.15) is 0 Å². The van der Waals surface area contributed by atoms with Crippen molar-refractivity contribution in [1.29, 1.82) is 0 Å². The van der Waals surface area contributed by atoms with Crippen LogP contribution < -0.4 is 0 Å². The smallest absolute Gasteiger partial charge is 0.264 e. The molecule has 2 saturated heterocycles. The molecule has 4 rings (SSSR count). The monoisotopic (exact) mass is 375 g/mol. The predicted molar refractivity (Wildman–Crippen MR) is 98.7 cm³/mol. The molecule has 0 N–H and O–H groups in total. The van der Waals surface area contributed by atoms with Gasteiger partial charge in [-0.15, -0.1) is 11.3 Å². The number of sulfone groups is 1. The van der Waals surface area contributed by atoms with Crippen LogP contribution in [0.5, 0.6) is 0 Å². The molecule has 0 spiro atoms. The molecule has 1 aromatic carbocycles. The highest BCUT2D eigenvalue weighted by molar-refractivity contribution is 7.92. The summed E-state index contributed by atoms with van der Waals surface area (Å²) in [7, 11) is -3.33. The summed E-state index contributed by atoms with van der Waals surface area (Å²) in [6.07, 6.45) is 2.90. The Bertz CT molecular complexity index is 874. The van der Waals surface area contributed by atoms with Gasteiger partial charge in [-0.25, -0.2) is 8.42 Å². The van der Waals surface area contributed by atoms with Crippen LogP contribution in [0.1, 0.15) is 40.9 Å². The number of amides is 1. The molecule has 1 amide bonds. The molecule has 4 nitrogen and oxygen atoms in total. The molecule has 2 atom stereocenters. The van der Waals surface area contributed by atoms with E-state index in [-0.39, 0.29) is 23.2 Å². The number of rotatable bonds is 3. The molecule has 132 valence electrons. The summed E-state index contributed by atoms with van der Waals surface area (Å²) in [5.74, 6) is 0.0705. The number of aryl methyl sites for hydroxylation is 1. The highest BCUT2D eigenvalue weighted by Crippen LogP contribution is 2.41. The van der Waals surface area contributed by atoms with Crippen LogP contribution in [0.3, 0.4) is 0 Å². The van der Waals surface area contributed by atoms with Crippen LogP contribution in [0, 0.1) is 6.92 Å². The molecule has 25 heavy (non-hydrogen) atoms. The van der Waals surface area contributed by atoms with Crippen molar-refractivity contribution >= 4 is 27.1 Å². The molecule has 0 aliphatic carbocycles. The van der Waals surface area contributed by atoms with Gasteiger partial charge >= 0.3 is 0 Å². The van der Waals surface area contributed by atoms with E-state index in [0.717, 1.165) is 23.3 Å². The molecular weight excluding hydrogens is 354 g/mol. The molecule has 2 unspecified atom stereocenters. The highest BCUT2D eigenvalue weighted by Gasteiger charge is 2.47. The summed E-state index contributed by atoms with van der Waals surface area (Å²) in [6, 6.07) is 10.7. The molecule has 0 saturated carbocycles. The highest BCUT2D eigenvalue weighted by atomic mass is 32.2. The number of carbonyl (C=O) groups excluding carboxylic acids is 1. The molecule has 2 aliphatic heterocycles. The van der Waals surface area contributed by atoms with Crippen LogP contribution in [-0.4, -0.2) is 36.6 Å². The third-order valence-electron chi connectivity index (χ3n) is 5.38. The standard InChI is InChI=1S/C19H21NO3S2/c1-13-9-18(24-12-13)19(21)20-14-7-8-15(20)11-17(10-14)25(22,23)16-5-3-2-4-6-16/h2-6,9,12,14-15,17H,7-8,10-11H2,1H3. The van der Waals surface area contributed by atoms with Crippen molar-refractivity contribution < 1.29 is 13.2 Å². The van der Waals surface area contributed by atoms with E-state index in [0.29, 0.717) is 17.7 Å². The first kappa shape index (κ1) is 16.8. The molecule has 2 bridgehead atoms. The number of hydrogen-bond acceptors (Lipinski definition) is 4. The molecule has 3 heterocycles. The van der Waals surface area contributed by atoms with Gasteiger partial charge in [0.15, 0.2) is 9.84 Å². The lowest BCUT2D eigenvalue weighted by Gasteiger charge is -2.38. The van der Waals surface area contributed by atoms with Crippen LogP contribution in [0.4, 0.5) is 0 Å². The Morgan fingerprint density at radius 2 is 1.76 bits per heavy atom. The van der Waals surface area contributed by atoms with Crippen molar-refractivity contribution in [3.8, 4) is 0 Å². The molecule has 2 aromatic rings. The van der Waals surface area contributed by atoms with Gasteiger partial charge in [0.1, 0.15) is 0 Å². The zero-order valence-electron chi connectivity index (χ0n) is 14.1. The van der Waals surface area contributed by atoms with Gasteiger partial charge in [0.2, 0.25) is 0 Å². The van der Waals surface area contributed by atoms with Crippen molar-refractivity contribution in [1.82, 2.24) is 4.90 Å². The van der Waals surface area contributed by atoms with Gasteiger partial charge in [-0.1, -0.05) is 18.2 Å². The van der Waals surface area contributed by atoms with E-state index in [1.807, 2.05) is 29.3 Å². The Morgan fingerprint density at radius 1 is 1.12 bits per heavy atom. The summed E-state index contributed by atoms with van der Waals surface area (Å²) < 4.78 is 25.9. The SMILES string of the molecule is Cc1csc(C(=O)N2C3CCC2CC(S(=O)(=O)c2ccccc2)C3)c1. The van der Waals surface area contributed by atoms with Crippen molar-refractivity contribution in [2.45, 2.75) is 54.8 Å². The second-order valence-electron chi connectivity index (χ2n) is 7.04. The van der Waals surface area contributed by atoms with Crippen LogP contribution in [-0.2, 0) is 9.84 Å². The van der Waals surface area contributed by atoms with Crippen molar-refractivity contribution in [3.05, 3.63) is 52.2 Å². The zero-order chi connectivity index (χ0) is 17.6. The van der Waals surface area contributed by atoms with Gasteiger partial charge < -0.3 is 4.90 Å². The normalized spacial score (nSPS) is 26.0. The van der Waals surface area contributed by atoms with E-state index in [1.165, 1.54) is 11.3 Å². The molecular formula is C19H21NO3S2. The molecule has 0 radical (unpaired) electrons. The van der Waals surface area contributed by atoms with Gasteiger partial charge in [-0.3, -0.25) is 4.79 Å². The van der Waals surface area contributed by atoms with Gasteiger partial charge in [0.05, 0.1) is 15.0 Å². The summed E-state index contributed by atoms with van der Waals surface area (Å²) in [4.78, 5) is 16.0. The lowest BCUT2D eigenvalue weighted by atomic mass is 10.0. The van der Waals surface area contributed by atoms with Crippen molar-refractivity contribution in [2.75, 3.05) is 0 Å². The third kappa shape index (κ3) is 2.91. The minimum Gasteiger partial charge on any atom is -0.332 e. The third-order valence-corrected chi connectivity index (χ3v) is 8.60. The number of hydrogen-bond donors (Lipinski definition) is 0. The van der Waals surface area contributed by atoms with Crippen molar-refractivity contribution in [3.63, 3.8) is 0 Å². The average molecular weight is 376 g/mol. The minimum atomic E-state index is -3.33. The predicted octanol–water partition coefficient (Wildman–Crippen LogP) is 3.67. The van der Waals surface area contributed by atoms with Gasteiger partial charge in [-0.05, 0) is 61.7 Å². The number of thiophene rings is 1. The Hall–Kier alpha value is -1.66. The Balaban J connectivity index is 1.57. The first-order chi connectivity index (χ1) is 12.0. The van der Waals surface area contributed by atoms with E-state index >= 15 is 0 Å². The van der Waals surface area contributed by atoms with Crippen LogP contribution >= 0.6 is 11.3 Å². The van der Waals surface area contributed by atoms with E-state index in [2.05, 4.69) is 0 Å². The number of carbonyl (C=O) groups is 1. The number of benzene rings is 1. The summed E-state index contributed by atoms with van der Waals surface area (Å²) in [5, 5.41) is 1.60. The summed E-state index contributed by atoms with van der Waals surface area (Å²) in [6.45, 7) is 1.99. The maximum absolute atomic E-state index is 13.0. The van der Waals surface area contributed by atoms with E-state index < -0.39 is 9.84 Å². The lowest BCUT2D eigenvalue weighted by molar-refractivity contribution is 0.0603. The largest absolute Gasteiger partial charge is 0.332 e. The van der Waals surface area contributed by atoms with E-state index in [1.54, 1.807) is 24.3 Å². The number of fused-ring (bicyclic) bond motifs is 2. The van der Waals surface area contributed by atoms with Crippen LogP contribution in [0.25, 0.3) is 0 Å². The lowest BCUT2D eigenvalue weighted by Crippen LogP contribution is -2.49. The quantitative estimate of drug-likeness (QED) is 0.822. The maximum atomic E-state index is 13.0. The maximum Gasteiger partial charge on any atom is 0.264 e. The molecule has 6 heteroatoms. The fourth-order valence-electron chi connectivity index (χ4n) is 4.19. The van der Waals surface area contributed by atoms with Gasteiger partial charge in [0.25, 0.3) is 5.91 Å².